The minimum absolute atomic E-state index is 0.355. The summed E-state index contributed by atoms with van der Waals surface area (Å²) in [6.07, 6.45) is 0. The van der Waals surface area contributed by atoms with Crippen molar-refractivity contribution in [1.82, 2.24) is 0 Å². The molecule has 1 atom stereocenters. The van der Waals surface area contributed by atoms with Gasteiger partial charge in [0.2, 0.25) is 0 Å². The molecule has 17 heavy (non-hydrogen) atoms. The zero-order chi connectivity index (χ0) is 12.4. The molecule has 0 saturated heterocycles. The summed E-state index contributed by atoms with van der Waals surface area (Å²) >= 11 is 0. The van der Waals surface area contributed by atoms with Crippen molar-refractivity contribution in [3.63, 3.8) is 0 Å². The molecule has 0 aliphatic rings. The molecule has 0 spiro atoms. The van der Waals surface area contributed by atoms with E-state index in [1.54, 1.807) is 31.2 Å². The minimum atomic E-state index is -0.648. The van der Waals surface area contributed by atoms with Crippen LogP contribution in [-0.2, 0) is 0 Å². The normalized spacial score (nSPS) is 12.5. The predicted molar refractivity (Wildman–Crippen MR) is 63.6 cm³/mol. The van der Waals surface area contributed by atoms with E-state index in [4.69, 9.17) is 5.73 Å². The second kappa shape index (κ2) is 4.63. The molecular formula is C14H13F2N. The van der Waals surface area contributed by atoms with Crippen molar-refractivity contribution in [3.8, 4) is 0 Å². The van der Waals surface area contributed by atoms with E-state index in [2.05, 4.69) is 0 Å². The van der Waals surface area contributed by atoms with Crippen LogP contribution in [0.4, 0.5) is 8.78 Å². The van der Waals surface area contributed by atoms with Gasteiger partial charge < -0.3 is 5.73 Å². The molecule has 0 aliphatic heterocycles. The molecule has 0 amide bonds. The Hall–Kier alpha value is -1.74. The maximum Gasteiger partial charge on any atom is 0.128 e. The summed E-state index contributed by atoms with van der Waals surface area (Å²) in [7, 11) is 0. The number of rotatable bonds is 2. The van der Waals surface area contributed by atoms with Crippen LogP contribution in [0.15, 0.2) is 42.5 Å². The maximum atomic E-state index is 13.6. The Morgan fingerprint density at radius 3 is 2.41 bits per heavy atom. The molecule has 2 N–H and O–H groups in total. The lowest BCUT2D eigenvalue weighted by molar-refractivity contribution is 0.595. The van der Waals surface area contributed by atoms with Crippen molar-refractivity contribution in [1.29, 1.82) is 0 Å². The average molecular weight is 233 g/mol. The zero-order valence-corrected chi connectivity index (χ0v) is 9.45. The number of benzene rings is 2. The SMILES string of the molecule is Cc1cc(F)cc(C(N)c2ccccc2F)c1. The molecule has 0 heterocycles. The minimum Gasteiger partial charge on any atom is -0.320 e. The molecule has 88 valence electrons. The van der Waals surface area contributed by atoms with Gasteiger partial charge in [-0.2, -0.15) is 0 Å². The predicted octanol–water partition coefficient (Wildman–Crippen LogP) is 3.32. The lowest BCUT2D eigenvalue weighted by atomic mass is 9.97. The first-order chi connectivity index (χ1) is 8.08. The lowest BCUT2D eigenvalue weighted by Crippen LogP contribution is -2.14. The van der Waals surface area contributed by atoms with E-state index in [-0.39, 0.29) is 11.6 Å². The Morgan fingerprint density at radius 1 is 1.06 bits per heavy atom. The molecule has 0 aromatic heterocycles. The molecule has 0 saturated carbocycles. The first-order valence-electron chi connectivity index (χ1n) is 5.35. The van der Waals surface area contributed by atoms with E-state index in [0.29, 0.717) is 11.1 Å². The monoisotopic (exact) mass is 233 g/mol. The largest absolute Gasteiger partial charge is 0.320 e. The van der Waals surface area contributed by atoms with E-state index in [9.17, 15) is 8.78 Å². The molecule has 0 aliphatic carbocycles. The second-order valence-corrected chi connectivity index (χ2v) is 4.06. The van der Waals surface area contributed by atoms with Crippen molar-refractivity contribution >= 4 is 0 Å². The third-order valence-corrected chi connectivity index (χ3v) is 2.66. The standard InChI is InChI=1S/C14H13F2N/c1-9-6-10(8-11(15)7-9)14(17)12-4-2-3-5-13(12)16/h2-8,14H,17H2,1H3. The number of halogens is 2. The Labute approximate surface area is 98.9 Å². The molecule has 1 nitrogen and oxygen atoms in total. The van der Waals surface area contributed by atoms with Crippen molar-refractivity contribution in [3.05, 3.63) is 70.8 Å². The van der Waals surface area contributed by atoms with Crippen LogP contribution in [-0.4, -0.2) is 0 Å². The van der Waals surface area contributed by atoms with Crippen LogP contribution >= 0.6 is 0 Å². The maximum absolute atomic E-state index is 13.6. The highest BCUT2D eigenvalue weighted by molar-refractivity contribution is 5.34. The fraction of sp³-hybridized carbons (Fsp3) is 0.143. The van der Waals surface area contributed by atoms with Crippen molar-refractivity contribution in [2.24, 2.45) is 5.73 Å². The number of nitrogens with two attached hydrogens (primary N) is 1. The molecule has 0 bridgehead atoms. The van der Waals surface area contributed by atoms with Crippen molar-refractivity contribution in [2.75, 3.05) is 0 Å². The fourth-order valence-corrected chi connectivity index (χ4v) is 1.85. The van der Waals surface area contributed by atoms with Crippen LogP contribution in [0.2, 0.25) is 0 Å². The molecule has 1 unspecified atom stereocenters. The van der Waals surface area contributed by atoms with Gasteiger partial charge in [0.05, 0.1) is 6.04 Å². The molecule has 2 aromatic rings. The van der Waals surface area contributed by atoms with Crippen LogP contribution in [0.3, 0.4) is 0 Å². The van der Waals surface area contributed by atoms with Gasteiger partial charge in [-0.25, -0.2) is 8.78 Å². The lowest BCUT2D eigenvalue weighted by Gasteiger charge is -2.14. The van der Waals surface area contributed by atoms with Gasteiger partial charge in [-0.1, -0.05) is 24.3 Å². The average Bonchev–Trinajstić information content (AvgIpc) is 2.27. The Morgan fingerprint density at radius 2 is 1.76 bits per heavy atom. The summed E-state index contributed by atoms with van der Waals surface area (Å²) in [5.41, 5.74) is 7.67. The van der Waals surface area contributed by atoms with E-state index in [1.165, 1.54) is 18.2 Å². The Kier molecular flexibility index (Phi) is 3.20. The fourth-order valence-electron chi connectivity index (χ4n) is 1.85. The third-order valence-electron chi connectivity index (χ3n) is 2.66. The topological polar surface area (TPSA) is 26.0 Å². The van der Waals surface area contributed by atoms with Gasteiger partial charge >= 0.3 is 0 Å². The summed E-state index contributed by atoms with van der Waals surface area (Å²) in [6.45, 7) is 1.78. The van der Waals surface area contributed by atoms with Crippen molar-refractivity contribution < 1.29 is 8.78 Å². The van der Waals surface area contributed by atoms with Gasteiger partial charge in [0.15, 0.2) is 0 Å². The zero-order valence-electron chi connectivity index (χ0n) is 9.45. The molecule has 2 aromatic carbocycles. The van der Waals surface area contributed by atoms with Gasteiger partial charge in [0.1, 0.15) is 11.6 Å². The van der Waals surface area contributed by atoms with E-state index < -0.39 is 6.04 Å². The molecule has 3 heteroatoms. The highest BCUT2D eigenvalue weighted by Crippen LogP contribution is 2.23. The highest BCUT2D eigenvalue weighted by atomic mass is 19.1. The van der Waals surface area contributed by atoms with Crippen LogP contribution in [0, 0.1) is 18.6 Å². The van der Waals surface area contributed by atoms with E-state index in [0.717, 1.165) is 5.56 Å². The number of aryl methyl sites for hydroxylation is 1. The van der Waals surface area contributed by atoms with Crippen LogP contribution < -0.4 is 5.73 Å². The first kappa shape index (κ1) is 11.7. The quantitative estimate of drug-likeness (QED) is 0.846. The Bertz CT molecular complexity index is 517. The molecule has 0 radical (unpaired) electrons. The van der Waals surface area contributed by atoms with E-state index >= 15 is 0 Å². The summed E-state index contributed by atoms with van der Waals surface area (Å²) in [4.78, 5) is 0. The molecule has 2 rings (SSSR count). The summed E-state index contributed by atoms with van der Waals surface area (Å²) in [5.74, 6) is -0.728. The van der Waals surface area contributed by atoms with Gasteiger partial charge in [-0.15, -0.1) is 0 Å². The second-order valence-electron chi connectivity index (χ2n) is 4.06. The summed E-state index contributed by atoms with van der Waals surface area (Å²) in [5, 5.41) is 0. The number of hydrogen-bond donors (Lipinski definition) is 1. The van der Waals surface area contributed by atoms with Crippen LogP contribution in [0.5, 0.6) is 0 Å². The summed E-state index contributed by atoms with van der Waals surface area (Å²) < 4.78 is 26.8. The smallest absolute Gasteiger partial charge is 0.128 e. The highest BCUT2D eigenvalue weighted by Gasteiger charge is 2.13. The number of hydrogen-bond acceptors (Lipinski definition) is 1. The Balaban J connectivity index is 2.43. The van der Waals surface area contributed by atoms with E-state index in [1.807, 2.05) is 0 Å². The van der Waals surface area contributed by atoms with Crippen molar-refractivity contribution in [2.45, 2.75) is 13.0 Å². The van der Waals surface area contributed by atoms with Crippen LogP contribution in [0.25, 0.3) is 0 Å². The summed E-state index contributed by atoms with van der Waals surface area (Å²) in [6, 6.07) is 10.1. The molecule has 0 fully saturated rings. The molecular weight excluding hydrogens is 220 g/mol. The third kappa shape index (κ3) is 2.50. The van der Waals surface area contributed by atoms with Gasteiger partial charge in [-0.05, 0) is 36.2 Å². The first-order valence-corrected chi connectivity index (χ1v) is 5.35. The van der Waals surface area contributed by atoms with Gasteiger partial charge in [0.25, 0.3) is 0 Å². The van der Waals surface area contributed by atoms with Crippen LogP contribution in [0.1, 0.15) is 22.7 Å². The van der Waals surface area contributed by atoms with Gasteiger partial charge in [0, 0.05) is 5.56 Å². The van der Waals surface area contributed by atoms with Gasteiger partial charge in [-0.3, -0.25) is 0 Å².